The van der Waals surface area contributed by atoms with Crippen molar-refractivity contribution in [3.63, 3.8) is 0 Å². The van der Waals surface area contributed by atoms with Gasteiger partial charge in [0.15, 0.2) is 0 Å². The lowest BCUT2D eigenvalue weighted by molar-refractivity contribution is -0.168. The fourth-order valence-electron chi connectivity index (χ4n) is 3.99. The first-order valence-electron chi connectivity index (χ1n) is 9.37. The quantitative estimate of drug-likeness (QED) is 0.727. The topological polar surface area (TPSA) is 66.9 Å². The van der Waals surface area contributed by atoms with Gasteiger partial charge in [0.2, 0.25) is 11.8 Å². The molecule has 2 saturated heterocycles. The smallest absolute Gasteiger partial charge is 0.328 e. The fraction of sp³-hybridized carbons (Fsp3) is 0.550. The third-order valence-corrected chi connectivity index (χ3v) is 5.29. The van der Waals surface area contributed by atoms with E-state index in [2.05, 4.69) is 0 Å². The Hall–Kier alpha value is -2.37. The van der Waals surface area contributed by atoms with Crippen molar-refractivity contribution in [1.29, 1.82) is 0 Å². The largest absolute Gasteiger partial charge is 0.464 e. The van der Waals surface area contributed by atoms with E-state index in [0.717, 1.165) is 12.0 Å². The van der Waals surface area contributed by atoms with Gasteiger partial charge in [0.25, 0.3) is 0 Å². The summed E-state index contributed by atoms with van der Waals surface area (Å²) in [6.07, 6.45) is 2.58. The summed E-state index contributed by atoms with van der Waals surface area (Å²) in [4.78, 5) is 41.5. The monoisotopic (exact) mass is 358 g/mol. The van der Waals surface area contributed by atoms with Gasteiger partial charge in [-0.05, 0) is 45.1 Å². The lowest BCUT2D eigenvalue weighted by Crippen LogP contribution is -2.65. The van der Waals surface area contributed by atoms with Gasteiger partial charge in [0.1, 0.15) is 18.1 Å². The van der Waals surface area contributed by atoms with E-state index < -0.39 is 24.1 Å². The molecule has 2 heterocycles. The van der Waals surface area contributed by atoms with Gasteiger partial charge in [-0.2, -0.15) is 0 Å². The van der Waals surface area contributed by atoms with Gasteiger partial charge in [-0.3, -0.25) is 9.59 Å². The minimum absolute atomic E-state index is 0.0684. The van der Waals surface area contributed by atoms with Gasteiger partial charge in [0, 0.05) is 6.54 Å². The first-order valence-corrected chi connectivity index (χ1v) is 9.37. The first-order chi connectivity index (χ1) is 12.5. The average Bonchev–Trinajstić information content (AvgIpc) is 3.14. The van der Waals surface area contributed by atoms with Crippen molar-refractivity contribution in [2.45, 2.75) is 57.7 Å². The number of carbonyl (C=O) groups excluding carboxylic acids is 3. The van der Waals surface area contributed by atoms with Crippen molar-refractivity contribution in [1.82, 2.24) is 9.80 Å². The van der Waals surface area contributed by atoms with Crippen LogP contribution in [0.4, 0.5) is 0 Å². The van der Waals surface area contributed by atoms with Crippen LogP contribution in [0, 0.1) is 0 Å². The zero-order valence-electron chi connectivity index (χ0n) is 15.4. The molecule has 3 rings (SSSR count). The maximum Gasteiger partial charge on any atom is 0.328 e. The molecular weight excluding hydrogens is 332 g/mol. The van der Waals surface area contributed by atoms with Gasteiger partial charge in [-0.15, -0.1) is 0 Å². The van der Waals surface area contributed by atoms with Crippen LogP contribution in [0.5, 0.6) is 0 Å². The van der Waals surface area contributed by atoms with Crippen LogP contribution in [0.1, 0.15) is 38.7 Å². The molecule has 0 aromatic heterocycles. The highest BCUT2D eigenvalue weighted by molar-refractivity contribution is 5.99. The number of ether oxygens (including phenoxy) is 1. The Balaban J connectivity index is 1.83. The van der Waals surface area contributed by atoms with Crippen molar-refractivity contribution in [3.05, 3.63) is 35.9 Å². The van der Waals surface area contributed by atoms with Crippen molar-refractivity contribution in [2.24, 2.45) is 0 Å². The summed E-state index contributed by atoms with van der Waals surface area (Å²) >= 11 is 0. The van der Waals surface area contributed by atoms with Crippen molar-refractivity contribution in [2.75, 3.05) is 13.2 Å². The molecule has 6 heteroatoms. The second-order valence-corrected chi connectivity index (χ2v) is 6.90. The van der Waals surface area contributed by atoms with E-state index in [1.807, 2.05) is 30.3 Å². The predicted molar refractivity (Wildman–Crippen MR) is 96.2 cm³/mol. The number of piperazine rings is 1. The van der Waals surface area contributed by atoms with E-state index in [1.54, 1.807) is 18.7 Å². The minimum Gasteiger partial charge on any atom is -0.464 e. The van der Waals surface area contributed by atoms with Gasteiger partial charge >= 0.3 is 5.97 Å². The molecule has 26 heavy (non-hydrogen) atoms. The summed E-state index contributed by atoms with van der Waals surface area (Å²) in [6.45, 7) is 4.34. The number of nitrogens with zero attached hydrogens (tertiary/aromatic N) is 2. The summed E-state index contributed by atoms with van der Waals surface area (Å²) in [5.74, 6) is -0.621. The predicted octanol–water partition coefficient (Wildman–Crippen LogP) is 1.77. The highest BCUT2D eigenvalue weighted by atomic mass is 16.5. The molecule has 1 aromatic carbocycles. The molecule has 2 aliphatic rings. The van der Waals surface area contributed by atoms with Gasteiger partial charge < -0.3 is 14.5 Å². The molecule has 2 amide bonds. The minimum atomic E-state index is -0.732. The Labute approximate surface area is 154 Å². The fourth-order valence-corrected chi connectivity index (χ4v) is 3.99. The number of aryl methyl sites for hydroxylation is 1. The normalized spacial score (nSPS) is 23.8. The molecule has 3 atom stereocenters. The van der Waals surface area contributed by atoms with Crippen LogP contribution in [0.15, 0.2) is 30.3 Å². The number of esters is 1. The zero-order valence-corrected chi connectivity index (χ0v) is 15.4. The molecule has 2 fully saturated rings. The van der Waals surface area contributed by atoms with Gasteiger partial charge in [-0.1, -0.05) is 30.3 Å². The van der Waals surface area contributed by atoms with E-state index in [0.29, 0.717) is 25.8 Å². The lowest BCUT2D eigenvalue weighted by atomic mass is 9.98. The van der Waals surface area contributed by atoms with Gasteiger partial charge in [0.05, 0.1) is 6.61 Å². The second kappa shape index (κ2) is 7.89. The Bertz CT molecular complexity index is 676. The summed E-state index contributed by atoms with van der Waals surface area (Å²) in [5, 5.41) is 0. The number of hydrogen-bond donors (Lipinski definition) is 0. The molecule has 0 N–H and O–H groups in total. The third-order valence-electron chi connectivity index (χ3n) is 5.29. The molecule has 1 unspecified atom stereocenters. The number of fused-ring (bicyclic) bond motifs is 1. The molecule has 6 nitrogen and oxygen atoms in total. The third kappa shape index (κ3) is 3.45. The van der Waals surface area contributed by atoms with Crippen molar-refractivity contribution >= 4 is 17.8 Å². The summed E-state index contributed by atoms with van der Waals surface area (Å²) < 4.78 is 5.23. The van der Waals surface area contributed by atoms with Crippen LogP contribution in [-0.2, 0) is 25.5 Å². The number of carbonyl (C=O) groups is 3. The maximum absolute atomic E-state index is 13.0. The molecule has 1 aromatic rings. The highest BCUT2D eigenvalue weighted by Gasteiger charge is 2.49. The van der Waals surface area contributed by atoms with E-state index in [-0.39, 0.29) is 18.4 Å². The van der Waals surface area contributed by atoms with Crippen LogP contribution in [0.2, 0.25) is 0 Å². The van der Waals surface area contributed by atoms with Crippen LogP contribution in [0.3, 0.4) is 0 Å². The van der Waals surface area contributed by atoms with Crippen LogP contribution in [-0.4, -0.2) is 58.9 Å². The van der Waals surface area contributed by atoms with Crippen LogP contribution < -0.4 is 0 Å². The van der Waals surface area contributed by atoms with Gasteiger partial charge in [-0.25, -0.2) is 4.79 Å². The summed E-state index contributed by atoms with van der Waals surface area (Å²) in [7, 11) is 0. The second-order valence-electron chi connectivity index (χ2n) is 6.90. The number of benzene rings is 1. The van der Waals surface area contributed by atoms with Crippen molar-refractivity contribution in [3.8, 4) is 0 Å². The maximum atomic E-state index is 13.0. The number of rotatable bonds is 6. The standard InChI is InChI=1S/C20H26N2O4/c1-3-26-20(25)17(12-11-15-8-5-4-6-9-15)22-14(2)18(23)21-13-7-10-16(21)19(22)24/h4-6,8-9,14,16-17H,3,7,10-13H2,1-2H3/t14-,16?,17-/m0/s1. The molecule has 0 bridgehead atoms. The molecule has 140 valence electrons. The van der Waals surface area contributed by atoms with Crippen molar-refractivity contribution < 1.29 is 19.1 Å². The van der Waals surface area contributed by atoms with E-state index in [4.69, 9.17) is 4.74 Å². The van der Waals surface area contributed by atoms with E-state index in [9.17, 15) is 14.4 Å². The highest BCUT2D eigenvalue weighted by Crippen LogP contribution is 2.29. The molecule has 0 aliphatic carbocycles. The molecular formula is C20H26N2O4. The SMILES string of the molecule is CCOC(=O)[C@H](CCc1ccccc1)N1C(=O)C2CCCN2C(=O)[C@@H]1C. The zero-order chi connectivity index (χ0) is 18.7. The summed E-state index contributed by atoms with van der Waals surface area (Å²) in [5.41, 5.74) is 1.09. The Morgan fingerprint density at radius 3 is 2.65 bits per heavy atom. The van der Waals surface area contributed by atoms with E-state index in [1.165, 1.54) is 4.90 Å². The number of amides is 2. The van der Waals surface area contributed by atoms with E-state index >= 15 is 0 Å². The summed E-state index contributed by atoms with van der Waals surface area (Å²) in [6, 6.07) is 8.03. The molecule has 0 saturated carbocycles. The average molecular weight is 358 g/mol. The molecule has 0 spiro atoms. The number of hydrogen-bond acceptors (Lipinski definition) is 4. The van der Waals surface area contributed by atoms with Crippen LogP contribution >= 0.6 is 0 Å². The molecule has 2 aliphatic heterocycles. The Kier molecular flexibility index (Phi) is 5.59. The first kappa shape index (κ1) is 18.4. The Morgan fingerprint density at radius 1 is 1.23 bits per heavy atom. The molecule has 0 radical (unpaired) electrons. The Morgan fingerprint density at radius 2 is 1.96 bits per heavy atom. The lowest BCUT2D eigenvalue weighted by Gasteiger charge is -2.43. The van der Waals surface area contributed by atoms with Crippen LogP contribution in [0.25, 0.3) is 0 Å².